The van der Waals surface area contributed by atoms with Gasteiger partial charge in [0.15, 0.2) is 0 Å². The fourth-order valence-corrected chi connectivity index (χ4v) is 2.66. The van der Waals surface area contributed by atoms with E-state index in [0.29, 0.717) is 18.4 Å². The Balaban J connectivity index is 2.29. The second kappa shape index (κ2) is 11.1. The Labute approximate surface area is 133 Å². The largest absolute Gasteiger partial charge is 0.390 e. The van der Waals surface area contributed by atoms with Gasteiger partial charge in [-0.1, -0.05) is 39.3 Å². The van der Waals surface area contributed by atoms with Gasteiger partial charge in [-0.05, 0) is 24.1 Å². The number of ether oxygens (including phenoxy) is 1. The molecule has 1 atom stereocenters. The molecule has 0 heterocycles. The number of hydrogen-bond acceptors (Lipinski definition) is 4. The Morgan fingerprint density at radius 1 is 1.33 bits per heavy atom. The van der Waals surface area contributed by atoms with E-state index in [9.17, 15) is 5.11 Å². The zero-order valence-corrected chi connectivity index (χ0v) is 14.3. The quantitative estimate of drug-likeness (QED) is 0.485. The summed E-state index contributed by atoms with van der Waals surface area (Å²) in [6.07, 6.45) is 1.79. The highest BCUT2D eigenvalue weighted by Crippen LogP contribution is 2.20. The van der Waals surface area contributed by atoms with Crippen molar-refractivity contribution in [3.05, 3.63) is 29.8 Å². The van der Waals surface area contributed by atoms with Crippen LogP contribution in [0, 0.1) is 0 Å². The molecule has 0 fully saturated rings. The molecule has 0 radical (unpaired) electrons. The third-order valence-corrected chi connectivity index (χ3v) is 4.15. The number of hydrogen-bond donors (Lipinski definition) is 2. The van der Waals surface area contributed by atoms with Crippen LogP contribution in [0.2, 0.25) is 0 Å². The van der Waals surface area contributed by atoms with E-state index in [2.05, 4.69) is 50.4 Å². The lowest BCUT2D eigenvalue weighted by Gasteiger charge is -2.12. The summed E-state index contributed by atoms with van der Waals surface area (Å²) in [5, 5.41) is 13.3. The summed E-state index contributed by atoms with van der Waals surface area (Å²) in [7, 11) is 0. The number of aliphatic hydroxyl groups is 1. The van der Waals surface area contributed by atoms with Crippen LogP contribution in [-0.4, -0.2) is 36.2 Å². The fraction of sp³-hybridized carbons (Fsp3) is 0.647. The second-order valence-electron chi connectivity index (χ2n) is 5.58. The molecule has 2 N–H and O–H groups in total. The van der Waals surface area contributed by atoms with Crippen molar-refractivity contribution in [2.45, 2.75) is 57.2 Å². The molecule has 0 saturated carbocycles. The van der Waals surface area contributed by atoms with Gasteiger partial charge in [-0.25, -0.2) is 0 Å². The van der Waals surface area contributed by atoms with Gasteiger partial charge in [0.05, 0.1) is 12.7 Å². The summed E-state index contributed by atoms with van der Waals surface area (Å²) in [4.78, 5) is 1.20. The van der Waals surface area contributed by atoms with Crippen molar-refractivity contribution in [3.63, 3.8) is 0 Å². The van der Waals surface area contributed by atoms with Crippen molar-refractivity contribution in [1.29, 1.82) is 0 Å². The number of aliphatic hydroxyl groups excluding tert-OH is 1. The average Bonchev–Trinajstić information content (AvgIpc) is 2.48. The van der Waals surface area contributed by atoms with Crippen molar-refractivity contribution in [2.75, 3.05) is 19.0 Å². The number of nitrogens with one attached hydrogen (secondary N) is 1. The van der Waals surface area contributed by atoms with Gasteiger partial charge in [0.2, 0.25) is 0 Å². The molecule has 0 amide bonds. The zero-order valence-electron chi connectivity index (χ0n) is 13.5. The van der Waals surface area contributed by atoms with Crippen molar-refractivity contribution in [2.24, 2.45) is 0 Å². The topological polar surface area (TPSA) is 41.5 Å². The molecule has 0 saturated heterocycles. The molecule has 0 aromatic heterocycles. The van der Waals surface area contributed by atoms with E-state index in [1.165, 1.54) is 10.5 Å². The molecule has 0 aliphatic heterocycles. The van der Waals surface area contributed by atoms with Crippen LogP contribution < -0.4 is 5.32 Å². The first-order chi connectivity index (χ1) is 10.1. The van der Waals surface area contributed by atoms with E-state index in [-0.39, 0.29) is 0 Å². The predicted molar refractivity (Wildman–Crippen MR) is 90.9 cm³/mol. The van der Waals surface area contributed by atoms with E-state index in [1.807, 2.05) is 0 Å². The number of unbranched alkanes of at least 4 members (excludes halogenated alkanes) is 1. The van der Waals surface area contributed by atoms with Crippen LogP contribution in [0.1, 0.15) is 39.2 Å². The maximum absolute atomic E-state index is 9.90. The minimum Gasteiger partial charge on any atom is -0.390 e. The van der Waals surface area contributed by atoms with Gasteiger partial charge < -0.3 is 15.2 Å². The maximum atomic E-state index is 9.90. The van der Waals surface area contributed by atoms with Gasteiger partial charge in [-0.15, -0.1) is 11.8 Å². The first kappa shape index (κ1) is 18.5. The van der Waals surface area contributed by atoms with E-state index < -0.39 is 6.10 Å². The van der Waals surface area contributed by atoms with Gasteiger partial charge >= 0.3 is 0 Å². The van der Waals surface area contributed by atoms with Crippen molar-refractivity contribution in [3.8, 4) is 0 Å². The summed E-state index contributed by atoms with van der Waals surface area (Å²) in [6.45, 7) is 8.49. The lowest BCUT2D eigenvalue weighted by molar-refractivity contribution is 0.0473. The highest BCUT2D eigenvalue weighted by atomic mass is 32.2. The predicted octanol–water partition coefficient (Wildman–Crippen LogP) is 3.45. The average molecular weight is 311 g/mol. The molecule has 21 heavy (non-hydrogen) atoms. The molecular formula is C17H29NO2S. The summed E-state index contributed by atoms with van der Waals surface area (Å²) < 4.78 is 5.44. The molecule has 0 aliphatic carbocycles. The van der Waals surface area contributed by atoms with Crippen LogP contribution in [0.25, 0.3) is 0 Å². The maximum Gasteiger partial charge on any atom is 0.0867 e. The Kier molecular flexibility index (Phi) is 9.76. The molecule has 3 nitrogen and oxygen atoms in total. The number of benzene rings is 1. The van der Waals surface area contributed by atoms with Crippen LogP contribution in [0.5, 0.6) is 0 Å². The van der Waals surface area contributed by atoms with Crippen LogP contribution in [0.3, 0.4) is 0 Å². The SMILES string of the molecule is CCCCOCC(O)CSc1cccc(CNC(C)C)c1. The van der Waals surface area contributed by atoms with Crippen LogP contribution >= 0.6 is 11.8 Å². The fourth-order valence-electron chi connectivity index (χ4n) is 1.77. The van der Waals surface area contributed by atoms with Crippen molar-refractivity contribution < 1.29 is 9.84 Å². The molecule has 1 unspecified atom stereocenters. The van der Waals surface area contributed by atoms with E-state index in [4.69, 9.17) is 4.74 Å². The number of thioether (sulfide) groups is 1. The lowest BCUT2D eigenvalue weighted by Crippen LogP contribution is -2.21. The first-order valence-corrected chi connectivity index (χ1v) is 8.81. The van der Waals surface area contributed by atoms with Gasteiger partial charge in [-0.3, -0.25) is 0 Å². The molecule has 1 aromatic carbocycles. The smallest absolute Gasteiger partial charge is 0.0867 e. The molecule has 0 bridgehead atoms. The molecule has 4 heteroatoms. The number of rotatable bonds is 11. The monoisotopic (exact) mass is 311 g/mol. The Morgan fingerprint density at radius 2 is 2.14 bits per heavy atom. The zero-order chi connectivity index (χ0) is 15.5. The minimum absolute atomic E-state index is 0.399. The summed E-state index contributed by atoms with van der Waals surface area (Å²) in [5.74, 6) is 0.674. The van der Waals surface area contributed by atoms with Crippen molar-refractivity contribution in [1.82, 2.24) is 5.32 Å². The summed E-state index contributed by atoms with van der Waals surface area (Å²) >= 11 is 1.68. The second-order valence-corrected chi connectivity index (χ2v) is 6.67. The lowest BCUT2D eigenvalue weighted by atomic mass is 10.2. The standard InChI is InChI=1S/C17H29NO2S/c1-4-5-9-20-12-16(19)13-21-17-8-6-7-15(10-17)11-18-14(2)3/h6-8,10,14,16,18-19H,4-5,9,11-13H2,1-3H3. The van der Waals surface area contributed by atoms with Crippen LogP contribution in [0.15, 0.2) is 29.2 Å². The Bertz CT molecular complexity index is 385. The van der Waals surface area contributed by atoms with Crippen LogP contribution in [0.4, 0.5) is 0 Å². The highest BCUT2D eigenvalue weighted by Gasteiger charge is 2.06. The van der Waals surface area contributed by atoms with Gasteiger partial charge in [0.25, 0.3) is 0 Å². The summed E-state index contributed by atoms with van der Waals surface area (Å²) in [5.41, 5.74) is 1.28. The molecule has 1 rings (SSSR count). The molecule has 0 aliphatic rings. The van der Waals surface area contributed by atoms with E-state index >= 15 is 0 Å². The third kappa shape index (κ3) is 9.14. The Hall–Kier alpha value is -0.550. The van der Waals surface area contributed by atoms with Crippen molar-refractivity contribution >= 4 is 11.8 Å². The molecule has 1 aromatic rings. The van der Waals surface area contributed by atoms with Gasteiger partial charge in [-0.2, -0.15) is 0 Å². The molecule has 0 spiro atoms. The molecular weight excluding hydrogens is 282 g/mol. The highest BCUT2D eigenvalue weighted by molar-refractivity contribution is 7.99. The summed E-state index contributed by atoms with van der Waals surface area (Å²) in [6, 6.07) is 8.97. The van der Waals surface area contributed by atoms with Gasteiger partial charge in [0.1, 0.15) is 0 Å². The van der Waals surface area contributed by atoms with Crippen LogP contribution in [-0.2, 0) is 11.3 Å². The van der Waals surface area contributed by atoms with Gasteiger partial charge in [0, 0.05) is 29.8 Å². The Morgan fingerprint density at radius 3 is 2.86 bits per heavy atom. The van der Waals surface area contributed by atoms with E-state index in [1.54, 1.807) is 11.8 Å². The minimum atomic E-state index is -0.399. The first-order valence-electron chi connectivity index (χ1n) is 7.82. The normalized spacial score (nSPS) is 12.8. The third-order valence-electron chi connectivity index (χ3n) is 3.01. The molecule has 120 valence electrons. The van der Waals surface area contributed by atoms with E-state index in [0.717, 1.165) is 26.0 Å².